The van der Waals surface area contributed by atoms with E-state index >= 15 is 0 Å². The number of carbonyl (C=O) groups is 1. The van der Waals surface area contributed by atoms with Crippen molar-refractivity contribution in [3.8, 4) is 5.75 Å². The minimum Gasteiger partial charge on any atom is -0.494 e. The normalized spacial score (nSPS) is 10.9. The van der Waals surface area contributed by atoms with Gasteiger partial charge in [-0.1, -0.05) is 22.6 Å². The number of aryl methyl sites for hydroxylation is 2. The van der Waals surface area contributed by atoms with Crippen LogP contribution in [-0.4, -0.2) is 23.2 Å². The molecule has 0 aliphatic heterocycles. The quantitative estimate of drug-likeness (QED) is 0.774. The molecule has 2 heterocycles. The Balaban J connectivity index is 1.68. The molecule has 120 valence electrons. The second-order valence-corrected chi connectivity index (χ2v) is 6.21. The molecule has 3 aromatic rings. The molecular weight excluding hydrogens is 314 g/mol. The van der Waals surface area contributed by atoms with Gasteiger partial charge in [-0.2, -0.15) is 0 Å². The molecule has 0 unspecified atom stereocenters. The van der Waals surface area contributed by atoms with Gasteiger partial charge in [-0.25, -0.2) is 4.98 Å². The molecule has 23 heavy (non-hydrogen) atoms. The first kappa shape index (κ1) is 15.5. The van der Waals surface area contributed by atoms with Crippen LogP contribution in [0.1, 0.15) is 23.4 Å². The van der Waals surface area contributed by atoms with E-state index in [-0.39, 0.29) is 5.91 Å². The van der Waals surface area contributed by atoms with E-state index in [0.29, 0.717) is 23.7 Å². The van der Waals surface area contributed by atoms with Gasteiger partial charge >= 0.3 is 0 Å². The Labute approximate surface area is 137 Å². The molecule has 3 rings (SSSR count). The number of nitrogens with one attached hydrogen (secondary N) is 1. The molecule has 0 saturated heterocycles. The number of hydrogen-bond donors (Lipinski definition) is 1. The number of benzene rings is 1. The van der Waals surface area contributed by atoms with Crippen LogP contribution in [0, 0.1) is 13.8 Å². The Bertz CT molecular complexity index is 834. The summed E-state index contributed by atoms with van der Waals surface area (Å²) in [6, 6.07) is 5.71. The highest BCUT2D eigenvalue weighted by Gasteiger charge is 2.13. The molecular formula is C16H17N3O3S. The van der Waals surface area contributed by atoms with Gasteiger partial charge in [-0.15, -0.1) is 0 Å². The first-order chi connectivity index (χ1) is 11.1. The molecule has 1 aromatic carbocycles. The van der Waals surface area contributed by atoms with Gasteiger partial charge in [0.2, 0.25) is 5.91 Å². The van der Waals surface area contributed by atoms with E-state index in [1.807, 2.05) is 32.0 Å². The zero-order valence-corrected chi connectivity index (χ0v) is 14.0. The third kappa shape index (κ3) is 3.19. The van der Waals surface area contributed by atoms with Crippen molar-refractivity contribution in [3.05, 3.63) is 35.2 Å². The van der Waals surface area contributed by atoms with Crippen LogP contribution >= 0.6 is 11.3 Å². The lowest BCUT2D eigenvalue weighted by Gasteiger charge is -2.01. The van der Waals surface area contributed by atoms with Crippen LogP contribution in [0.5, 0.6) is 5.75 Å². The third-order valence-corrected chi connectivity index (χ3v) is 4.57. The van der Waals surface area contributed by atoms with E-state index in [1.54, 1.807) is 7.11 Å². The van der Waals surface area contributed by atoms with Gasteiger partial charge in [0.25, 0.3) is 0 Å². The van der Waals surface area contributed by atoms with Gasteiger partial charge in [-0.3, -0.25) is 4.79 Å². The summed E-state index contributed by atoms with van der Waals surface area (Å²) in [6.45, 7) is 3.73. The number of nitrogens with zero attached hydrogens (tertiary/aromatic N) is 2. The first-order valence-electron chi connectivity index (χ1n) is 7.23. The fraction of sp³-hybridized carbons (Fsp3) is 0.312. The van der Waals surface area contributed by atoms with Crippen LogP contribution in [0.15, 0.2) is 22.7 Å². The Morgan fingerprint density at radius 3 is 2.91 bits per heavy atom. The predicted molar refractivity (Wildman–Crippen MR) is 89.1 cm³/mol. The summed E-state index contributed by atoms with van der Waals surface area (Å²) in [7, 11) is 1.61. The van der Waals surface area contributed by atoms with Crippen LogP contribution in [0.2, 0.25) is 0 Å². The summed E-state index contributed by atoms with van der Waals surface area (Å²) in [5.41, 5.74) is 2.59. The van der Waals surface area contributed by atoms with Crippen LogP contribution < -0.4 is 10.1 Å². The van der Waals surface area contributed by atoms with E-state index in [2.05, 4.69) is 15.5 Å². The van der Waals surface area contributed by atoms with E-state index in [4.69, 9.17) is 9.26 Å². The monoisotopic (exact) mass is 331 g/mol. The Morgan fingerprint density at radius 2 is 2.22 bits per heavy atom. The topological polar surface area (TPSA) is 77.2 Å². The number of aromatic nitrogens is 2. The molecule has 6 nitrogen and oxygen atoms in total. The molecule has 7 heteroatoms. The van der Waals surface area contributed by atoms with Crippen molar-refractivity contribution in [2.24, 2.45) is 0 Å². The van der Waals surface area contributed by atoms with Gasteiger partial charge in [-0.05, 0) is 32.4 Å². The maximum Gasteiger partial charge on any atom is 0.226 e. The lowest BCUT2D eigenvalue weighted by atomic mass is 10.1. The highest BCUT2D eigenvalue weighted by atomic mass is 32.1. The number of amides is 1. The molecule has 0 aliphatic rings. The second-order valence-electron chi connectivity index (χ2n) is 5.18. The maximum atomic E-state index is 12.1. The summed E-state index contributed by atoms with van der Waals surface area (Å²) >= 11 is 1.43. The lowest BCUT2D eigenvalue weighted by molar-refractivity contribution is -0.116. The maximum absolute atomic E-state index is 12.1. The molecule has 2 aromatic heterocycles. The highest BCUT2D eigenvalue weighted by Crippen LogP contribution is 2.32. The van der Waals surface area contributed by atoms with Gasteiger partial charge in [0, 0.05) is 12.0 Å². The van der Waals surface area contributed by atoms with E-state index in [1.165, 1.54) is 11.3 Å². The Morgan fingerprint density at radius 1 is 1.39 bits per heavy atom. The zero-order chi connectivity index (χ0) is 16.4. The average molecular weight is 331 g/mol. The number of rotatable bonds is 5. The molecule has 0 bridgehead atoms. The van der Waals surface area contributed by atoms with Crippen molar-refractivity contribution in [2.75, 3.05) is 12.4 Å². The van der Waals surface area contributed by atoms with Crippen molar-refractivity contribution in [1.82, 2.24) is 10.1 Å². The zero-order valence-electron chi connectivity index (χ0n) is 13.2. The third-order valence-electron chi connectivity index (χ3n) is 3.63. The predicted octanol–water partition coefficient (Wildman–Crippen LogP) is 3.48. The first-order valence-corrected chi connectivity index (χ1v) is 8.05. The van der Waals surface area contributed by atoms with Gasteiger partial charge in [0.1, 0.15) is 17.0 Å². The van der Waals surface area contributed by atoms with Crippen molar-refractivity contribution in [2.45, 2.75) is 26.7 Å². The number of para-hydroxylation sites is 1. The van der Waals surface area contributed by atoms with Crippen molar-refractivity contribution in [1.29, 1.82) is 0 Å². The highest BCUT2D eigenvalue weighted by molar-refractivity contribution is 7.22. The van der Waals surface area contributed by atoms with Crippen molar-refractivity contribution >= 4 is 32.6 Å². The summed E-state index contributed by atoms with van der Waals surface area (Å²) in [5, 5.41) is 7.32. The van der Waals surface area contributed by atoms with Gasteiger partial charge in [0.05, 0.1) is 17.5 Å². The van der Waals surface area contributed by atoms with E-state index in [0.717, 1.165) is 27.2 Å². The molecule has 1 amide bonds. The van der Waals surface area contributed by atoms with Crippen molar-refractivity contribution in [3.63, 3.8) is 0 Å². The second kappa shape index (κ2) is 6.37. The lowest BCUT2D eigenvalue weighted by Crippen LogP contribution is -2.12. The van der Waals surface area contributed by atoms with Crippen LogP contribution in [0.25, 0.3) is 10.2 Å². The summed E-state index contributed by atoms with van der Waals surface area (Å²) in [4.78, 5) is 16.6. The number of methoxy groups -OCH3 is 1. The summed E-state index contributed by atoms with van der Waals surface area (Å²) in [5.74, 6) is 1.39. The molecule has 0 spiro atoms. The van der Waals surface area contributed by atoms with Gasteiger partial charge < -0.3 is 14.6 Å². The number of fused-ring (bicyclic) bond motifs is 1. The fourth-order valence-electron chi connectivity index (χ4n) is 2.42. The number of ether oxygens (including phenoxy) is 1. The van der Waals surface area contributed by atoms with Crippen LogP contribution in [0.4, 0.5) is 5.13 Å². The number of thiazole rings is 1. The fourth-order valence-corrected chi connectivity index (χ4v) is 3.32. The molecule has 0 radical (unpaired) electrons. The average Bonchev–Trinajstić information content (AvgIpc) is 3.08. The number of anilines is 1. The number of carbonyl (C=O) groups excluding carboxylic acids is 1. The molecule has 0 aliphatic carbocycles. The van der Waals surface area contributed by atoms with Crippen LogP contribution in [0.3, 0.4) is 0 Å². The van der Waals surface area contributed by atoms with E-state index < -0.39 is 0 Å². The van der Waals surface area contributed by atoms with Crippen molar-refractivity contribution < 1.29 is 14.1 Å². The molecule has 0 atom stereocenters. The summed E-state index contributed by atoms with van der Waals surface area (Å²) < 4.78 is 11.4. The largest absolute Gasteiger partial charge is 0.494 e. The molecule has 0 saturated carbocycles. The Hall–Kier alpha value is -2.41. The minimum atomic E-state index is -0.0805. The van der Waals surface area contributed by atoms with E-state index in [9.17, 15) is 4.79 Å². The molecule has 1 N–H and O–H groups in total. The SMILES string of the molecule is COc1cccc2sc(NC(=O)CCc3c(C)noc3C)nc12. The standard InChI is InChI=1S/C16H17N3O3S/c1-9-11(10(2)22-19-9)7-8-14(20)17-16-18-15-12(21-3)5-4-6-13(15)23-16/h4-6H,7-8H2,1-3H3,(H,17,18,20). The molecule has 0 fully saturated rings. The summed E-state index contributed by atoms with van der Waals surface area (Å²) in [6.07, 6.45) is 0.956. The minimum absolute atomic E-state index is 0.0805. The Kier molecular flexibility index (Phi) is 4.29. The van der Waals surface area contributed by atoms with Gasteiger partial charge in [0.15, 0.2) is 5.13 Å². The smallest absolute Gasteiger partial charge is 0.226 e. The van der Waals surface area contributed by atoms with Crippen LogP contribution in [-0.2, 0) is 11.2 Å². The number of hydrogen-bond acceptors (Lipinski definition) is 6.